The lowest BCUT2D eigenvalue weighted by molar-refractivity contribution is -0.0312. The van der Waals surface area contributed by atoms with Crippen LogP contribution in [0.25, 0.3) is 0 Å². The average molecular weight is 241 g/mol. The molecule has 1 fully saturated rings. The van der Waals surface area contributed by atoms with Gasteiger partial charge < -0.3 is 10.0 Å². The summed E-state index contributed by atoms with van der Waals surface area (Å²) in [5, 5.41) is 10.5. The number of rotatable bonds is 7. The highest BCUT2D eigenvalue weighted by Crippen LogP contribution is 2.28. The molecule has 0 spiro atoms. The van der Waals surface area contributed by atoms with Crippen LogP contribution in [0.15, 0.2) is 0 Å². The first kappa shape index (κ1) is 15.0. The van der Waals surface area contributed by atoms with Gasteiger partial charge in [0.25, 0.3) is 0 Å². The summed E-state index contributed by atoms with van der Waals surface area (Å²) in [5.74, 6) is 0.741. The highest BCUT2D eigenvalue weighted by Gasteiger charge is 2.31. The monoisotopic (exact) mass is 241 g/mol. The molecular weight excluding hydrogens is 210 g/mol. The maximum atomic E-state index is 10.5. The molecule has 0 aromatic carbocycles. The van der Waals surface area contributed by atoms with Crippen molar-refractivity contribution in [1.29, 1.82) is 0 Å². The van der Waals surface area contributed by atoms with E-state index in [2.05, 4.69) is 25.7 Å². The van der Waals surface area contributed by atoms with E-state index in [0.717, 1.165) is 38.3 Å². The van der Waals surface area contributed by atoms with Gasteiger partial charge in [-0.25, -0.2) is 0 Å². The van der Waals surface area contributed by atoms with Crippen molar-refractivity contribution in [3.63, 3.8) is 0 Å². The van der Waals surface area contributed by atoms with Gasteiger partial charge in [-0.05, 0) is 25.2 Å². The van der Waals surface area contributed by atoms with Gasteiger partial charge in [0.05, 0.1) is 5.60 Å². The molecule has 1 N–H and O–H groups in total. The molecule has 0 radical (unpaired) electrons. The van der Waals surface area contributed by atoms with Crippen molar-refractivity contribution in [1.82, 2.24) is 4.90 Å². The lowest BCUT2D eigenvalue weighted by Gasteiger charge is -2.39. The minimum absolute atomic E-state index is 0.346. The molecule has 0 aliphatic carbocycles. The third kappa shape index (κ3) is 5.87. The van der Waals surface area contributed by atoms with Crippen molar-refractivity contribution >= 4 is 0 Å². The van der Waals surface area contributed by atoms with Gasteiger partial charge in [-0.15, -0.1) is 0 Å². The van der Waals surface area contributed by atoms with Gasteiger partial charge in [-0.1, -0.05) is 46.5 Å². The topological polar surface area (TPSA) is 23.5 Å². The quantitative estimate of drug-likeness (QED) is 0.690. The number of unbranched alkanes of at least 4 members (excludes halogenated alkanes) is 3. The Bertz CT molecular complexity index is 195. The van der Waals surface area contributed by atoms with Crippen LogP contribution in [0, 0.1) is 5.92 Å². The summed E-state index contributed by atoms with van der Waals surface area (Å²) < 4.78 is 0. The molecule has 0 aromatic heterocycles. The van der Waals surface area contributed by atoms with Crippen LogP contribution in [-0.4, -0.2) is 35.2 Å². The summed E-state index contributed by atoms with van der Waals surface area (Å²) in [7, 11) is 0. The van der Waals surface area contributed by atoms with E-state index < -0.39 is 0 Å². The van der Waals surface area contributed by atoms with Crippen LogP contribution in [0.2, 0.25) is 0 Å². The summed E-state index contributed by atoms with van der Waals surface area (Å²) in [6.07, 6.45) is 8.05. The number of aliphatic hydroxyl groups is 1. The number of hydrogen-bond donors (Lipinski definition) is 1. The van der Waals surface area contributed by atoms with E-state index in [1.54, 1.807) is 0 Å². The van der Waals surface area contributed by atoms with Crippen molar-refractivity contribution in [3.8, 4) is 0 Å². The summed E-state index contributed by atoms with van der Waals surface area (Å²) >= 11 is 0. The van der Waals surface area contributed by atoms with Gasteiger partial charge in [0, 0.05) is 19.6 Å². The lowest BCUT2D eigenvalue weighted by atomic mass is 9.86. The Morgan fingerprint density at radius 1 is 1.12 bits per heavy atom. The fraction of sp³-hybridized carbons (Fsp3) is 1.00. The molecule has 0 saturated carbocycles. The van der Waals surface area contributed by atoms with E-state index in [9.17, 15) is 5.11 Å². The van der Waals surface area contributed by atoms with Crippen LogP contribution in [0.5, 0.6) is 0 Å². The average Bonchev–Trinajstić information content (AvgIpc) is 2.28. The zero-order valence-electron chi connectivity index (χ0n) is 12.0. The van der Waals surface area contributed by atoms with Gasteiger partial charge in [0.15, 0.2) is 0 Å². The zero-order valence-corrected chi connectivity index (χ0v) is 12.0. The molecule has 1 aliphatic heterocycles. The Kier molecular flexibility index (Phi) is 6.50. The van der Waals surface area contributed by atoms with Crippen molar-refractivity contribution in [2.75, 3.05) is 19.6 Å². The molecule has 0 unspecified atom stereocenters. The molecular formula is C15H31NO. The van der Waals surface area contributed by atoms with E-state index in [1.807, 2.05) is 0 Å². The fourth-order valence-corrected chi connectivity index (χ4v) is 2.80. The molecule has 1 rings (SSSR count). The highest BCUT2D eigenvalue weighted by molar-refractivity contribution is 4.85. The third-order valence-corrected chi connectivity index (χ3v) is 3.91. The summed E-state index contributed by atoms with van der Waals surface area (Å²) in [6.45, 7) is 10.1. The van der Waals surface area contributed by atoms with Crippen LogP contribution in [0.1, 0.15) is 65.7 Å². The van der Waals surface area contributed by atoms with Crippen molar-refractivity contribution < 1.29 is 5.11 Å². The summed E-state index contributed by atoms with van der Waals surface area (Å²) in [6, 6.07) is 0. The number of hydrogen-bond acceptors (Lipinski definition) is 2. The van der Waals surface area contributed by atoms with Crippen LogP contribution < -0.4 is 0 Å². The normalized spacial score (nSPS) is 21.0. The molecule has 2 heteroatoms. The highest BCUT2D eigenvalue weighted by atomic mass is 16.3. The first-order valence-corrected chi connectivity index (χ1v) is 7.50. The fourth-order valence-electron chi connectivity index (χ4n) is 2.80. The molecule has 2 nitrogen and oxygen atoms in total. The van der Waals surface area contributed by atoms with Crippen LogP contribution in [-0.2, 0) is 0 Å². The Hall–Kier alpha value is -0.0800. The molecule has 0 bridgehead atoms. The Labute approximate surface area is 107 Å². The lowest BCUT2D eigenvalue weighted by Crippen LogP contribution is -2.45. The summed E-state index contributed by atoms with van der Waals surface area (Å²) in [4.78, 5) is 2.51. The SMILES string of the molecule is CCCCCCC1(O)CCN(CC(C)C)CC1. The van der Waals surface area contributed by atoms with Crippen LogP contribution in [0.3, 0.4) is 0 Å². The second kappa shape index (κ2) is 7.38. The van der Waals surface area contributed by atoms with E-state index in [1.165, 1.54) is 32.2 Å². The predicted molar refractivity (Wildman–Crippen MR) is 74.2 cm³/mol. The van der Waals surface area contributed by atoms with Crippen LogP contribution >= 0.6 is 0 Å². The van der Waals surface area contributed by atoms with Crippen molar-refractivity contribution in [2.45, 2.75) is 71.3 Å². The largest absolute Gasteiger partial charge is 0.390 e. The first-order chi connectivity index (χ1) is 8.06. The summed E-state index contributed by atoms with van der Waals surface area (Å²) in [5.41, 5.74) is -0.346. The molecule has 0 amide bonds. The predicted octanol–water partition coefficient (Wildman–Crippen LogP) is 3.44. The molecule has 0 aromatic rings. The number of piperidine rings is 1. The molecule has 1 saturated heterocycles. The molecule has 1 aliphatic rings. The Balaban J connectivity index is 2.19. The first-order valence-electron chi connectivity index (χ1n) is 7.50. The van der Waals surface area contributed by atoms with Gasteiger partial charge in [-0.2, -0.15) is 0 Å². The molecule has 102 valence electrons. The smallest absolute Gasteiger partial charge is 0.0672 e. The van der Waals surface area contributed by atoms with Gasteiger partial charge in [0.2, 0.25) is 0 Å². The second-order valence-corrected chi connectivity index (χ2v) is 6.23. The second-order valence-electron chi connectivity index (χ2n) is 6.23. The standard InChI is InChI=1S/C15H31NO/c1-4-5-6-7-8-15(17)9-11-16(12-10-15)13-14(2)3/h14,17H,4-13H2,1-3H3. The number of nitrogens with zero attached hydrogens (tertiary/aromatic N) is 1. The van der Waals surface area contributed by atoms with Gasteiger partial charge >= 0.3 is 0 Å². The molecule has 0 atom stereocenters. The Morgan fingerprint density at radius 3 is 2.29 bits per heavy atom. The Morgan fingerprint density at radius 2 is 1.76 bits per heavy atom. The minimum Gasteiger partial charge on any atom is -0.390 e. The van der Waals surface area contributed by atoms with Crippen LogP contribution in [0.4, 0.5) is 0 Å². The van der Waals surface area contributed by atoms with Crippen molar-refractivity contribution in [3.05, 3.63) is 0 Å². The van der Waals surface area contributed by atoms with E-state index in [4.69, 9.17) is 0 Å². The van der Waals surface area contributed by atoms with E-state index in [0.29, 0.717) is 0 Å². The number of likely N-dealkylation sites (tertiary alicyclic amines) is 1. The van der Waals surface area contributed by atoms with Gasteiger partial charge in [0.1, 0.15) is 0 Å². The third-order valence-electron chi connectivity index (χ3n) is 3.91. The maximum absolute atomic E-state index is 10.5. The van der Waals surface area contributed by atoms with E-state index >= 15 is 0 Å². The zero-order chi connectivity index (χ0) is 12.7. The van der Waals surface area contributed by atoms with E-state index in [-0.39, 0.29) is 5.60 Å². The minimum atomic E-state index is -0.346. The maximum Gasteiger partial charge on any atom is 0.0672 e. The molecule has 1 heterocycles. The molecule has 17 heavy (non-hydrogen) atoms. The van der Waals surface area contributed by atoms with Gasteiger partial charge in [-0.3, -0.25) is 0 Å². The van der Waals surface area contributed by atoms with Crippen molar-refractivity contribution in [2.24, 2.45) is 5.92 Å².